The van der Waals surface area contributed by atoms with E-state index in [1.165, 1.54) is 0 Å². The molecule has 5 heteroatoms. The summed E-state index contributed by atoms with van der Waals surface area (Å²) < 4.78 is 0. The van der Waals surface area contributed by atoms with Crippen LogP contribution in [-0.2, 0) is 17.8 Å². The second kappa shape index (κ2) is 6.01. The average molecular weight is 297 g/mol. The highest BCUT2D eigenvalue weighted by Gasteiger charge is 2.08. The van der Waals surface area contributed by atoms with Crippen LogP contribution in [0.3, 0.4) is 0 Å². The molecule has 3 aromatic rings. The fourth-order valence-electron chi connectivity index (χ4n) is 2.11. The van der Waals surface area contributed by atoms with Gasteiger partial charge in [-0.2, -0.15) is 0 Å². The Bertz CT molecular complexity index is 768. The number of aromatic nitrogens is 2. The molecule has 0 atom stereocenters. The van der Waals surface area contributed by atoms with E-state index in [9.17, 15) is 4.79 Å². The van der Waals surface area contributed by atoms with Crippen molar-refractivity contribution in [1.82, 2.24) is 15.3 Å². The minimum atomic E-state index is 0.00630. The summed E-state index contributed by atoms with van der Waals surface area (Å²) in [5.41, 5.74) is 3.40. The molecule has 2 heterocycles. The Balaban J connectivity index is 1.70. The number of fused-ring (bicyclic) bond motifs is 1. The third kappa shape index (κ3) is 3.25. The quantitative estimate of drug-likeness (QED) is 0.805. The monoisotopic (exact) mass is 297 g/mol. The van der Waals surface area contributed by atoms with Gasteiger partial charge in [0.15, 0.2) is 0 Å². The van der Waals surface area contributed by atoms with Crippen LogP contribution < -0.4 is 5.32 Å². The molecule has 0 saturated carbocycles. The fraction of sp³-hybridized carbons (Fsp3) is 0.188. The molecule has 0 radical (unpaired) electrons. The van der Waals surface area contributed by atoms with E-state index >= 15 is 0 Å². The van der Waals surface area contributed by atoms with Crippen LogP contribution in [0.5, 0.6) is 0 Å². The molecule has 106 valence electrons. The SMILES string of the molecule is Cc1nc2ccccc2nc1CNC(=O)Cc1cccs1. The number of hydrogen-bond donors (Lipinski definition) is 1. The molecule has 1 aromatic carbocycles. The van der Waals surface area contributed by atoms with Gasteiger partial charge in [0.2, 0.25) is 5.91 Å². The van der Waals surface area contributed by atoms with Gasteiger partial charge in [0, 0.05) is 4.88 Å². The lowest BCUT2D eigenvalue weighted by Crippen LogP contribution is -2.25. The van der Waals surface area contributed by atoms with Gasteiger partial charge in [0.1, 0.15) is 0 Å². The lowest BCUT2D eigenvalue weighted by atomic mass is 10.2. The second-order valence-electron chi connectivity index (χ2n) is 4.78. The molecular weight excluding hydrogens is 282 g/mol. The summed E-state index contributed by atoms with van der Waals surface area (Å²) in [7, 11) is 0. The van der Waals surface area contributed by atoms with Crippen molar-refractivity contribution in [3.8, 4) is 0 Å². The van der Waals surface area contributed by atoms with E-state index in [2.05, 4.69) is 15.3 Å². The fourth-order valence-corrected chi connectivity index (χ4v) is 2.81. The Morgan fingerprint density at radius 1 is 1.14 bits per heavy atom. The van der Waals surface area contributed by atoms with Gasteiger partial charge in [-0.25, -0.2) is 9.97 Å². The number of thiophene rings is 1. The van der Waals surface area contributed by atoms with Crippen molar-refractivity contribution >= 4 is 28.3 Å². The van der Waals surface area contributed by atoms with E-state index in [0.29, 0.717) is 13.0 Å². The molecule has 1 amide bonds. The van der Waals surface area contributed by atoms with Gasteiger partial charge in [-0.05, 0) is 30.5 Å². The topological polar surface area (TPSA) is 54.9 Å². The molecule has 3 rings (SSSR count). The summed E-state index contributed by atoms with van der Waals surface area (Å²) in [6.07, 6.45) is 0.414. The van der Waals surface area contributed by atoms with Gasteiger partial charge >= 0.3 is 0 Å². The van der Waals surface area contributed by atoms with Crippen molar-refractivity contribution in [1.29, 1.82) is 0 Å². The second-order valence-corrected chi connectivity index (χ2v) is 5.81. The van der Waals surface area contributed by atoms with Gasteiger partial charge in [-0.15, -0.1) is 11.3 Å². The van der Waals surface area contributed by atoms with Crippen LogP contribution in [0.2, 0.25) is 0 Å². The van der Waals surface area contributed by atoms with E-state index in [4.69, 9.17) is 0 Å². The largest absolute Gasteiger partial charge is 0.350 e. The van der Waals surface area contributed by atoms with E-state index in [1.54, 1.807) is 11.3 Å². The Hall–Kier alpha value is -2.27. The lowest BCUT2D eigenvalue weighted by Gasteiger charge is -2.08. The van der Waals surface area contributed by atoms with E-state index in [-0.39, 0.29) is 5.91 Å². The highest BCUT2D eigenvalue weighted by atomic mass is 32.1. The molecule has 21 heavy (non-hydrogen) atoms. The highest BCUT2D eigenvalue weighted by molar-refractivity contribution is 7.10. The van der Waals surface area contributed by atoms with Gasteiger partial charge in [0.05, 0.1) is 35.4 Å². The van der Waals surface area contributed by atoms with Crippen molar-refractivity contribution < 1.29 is 4.79 Å². The molecule has 0 bridgehead atoms. The predicted molar refractivity (Wildman–Crippen MR) is 84.1 cm³/mol. The molecule has 0 saturated heterocycles. The standard InChI is InChI=1S/C16H15N3OS/c1-11-15(19-14-7-3-2-6-13(14)18-11)10-17-16(20)9-12-5-4-8-21-12/h2-8H,9-10H2,1H3,(H,17,20). The van der Waals surface area contributed by atoms with E-state index in [1.807, 2.05) is 48.7 Å². The summed E-state index contributed by atoms with van der Waals surface area (Å²) in [5, 5.41) is 4.88. The summed E-state index contributed by atoms with van der Waals surface area (Å²) in [5.74, 6) is 0.00630. The minimum absolute atomic E-state index is 0.00630. The first-order valence-electron chi connectivity index (χ1n) is 6.74. The highest BCUT2D eigenvalue weighted by Crippen LogP contribution is 2.12. The first-order chi connectivity index (χ1) is 10.2. The smallest absolute Gasteiger partial charge is 0.225 e. The summed E-state index contributed by atoms with van der Waals surface area (Å²) in [4.78, 5) is 22.1. The number of hydrogen-bond acceptors (Lipinski definition) is 4. The van der Waals surface area contributed by atoms with Crippen LogP contribution in [0, 0.1) is 6.92 Å². The molecule has 0 aliphatic rings. The van der Waals surface area contributed by atoms with Crippen molar-refractivity contribution in [3.63, 3.8) is 0 Å². The van der Waals surface area contributed by atoms with Gasteiger partial charge in [0.25, 0.3) is 0 Å². The third-order valence-corrected chi connectivity index (χ3v) is 4.09. The van der Waals surface area contributed by atoms with Crippen molar-refractivity contribution in [2.45, 2.75) is 19.9 Å². The lowest BCUT2D eigenvalue weighted by molar-refractivity contribution is -0.120. The van der Waals surface area contributed by atoms with Crippen LogP contribution in [0.15, 0.2) is 41.8 Å². The molecule has 2 aromatic heterocycles. The normalized spacial score (nSPS) is 10.7. The number of aryl methyl sites for hydroxylation is 1. The van der Waals surface area contributed by atoms with Gasteiger partial charge in [-0.1, -0.05) is 18.2 Å². The summed E-state index contributed by atoms with van der Waals surface area (Å²) in [6.45, 7) is 2.33. The zero-order chi connectivity index (χ0) is 14.7. The zero-order valence-corrected chi connectivity index (χ0v) is 12.5. The number of nitrogens with one attached hydrogen (secondary N) is 1. The first-order valence-corrected chi connectivity index (χ1v) is 7.61. The van der Waals surface area contributed by atoms with Gasteiger partial charge < -0.3 is 5.32 Å². The Morgan fingerprint density at radius 3 is 2.62 bits per heavy atom. The first kappa shape index (κ1) is 13.7. The minimum Gasteiger partial charge on any atom is -0.350 e. The molecule has 0 spiro atoms. The average Bonchev–Trinajstić information content (AvgIpc) is 2.98. The van der Waals surface area contributed by atoms with Crippen LogP contribution in [0.1, 0.15) is 16.3 Å². The number of carbonyl (C=O) groups is 1. The molecule has 1 N–H and O–H groups in total. The Labute approximate surface area is 126 Å². The maximum absolute atomic E-state index is 11.9. The number of para-hydroxylation sites is 2. The number of amides is 1. The Morgan fingerprint density at radius 2 is 1.90 bits per heavy atom. The molecule has 0 aliphatic carbocycles. The van der Waals surface area contributed by atoms with E-state index < -0.39 is 0 Å². The Kier molecular flexibility index (Phi) is 3.92. The van der Waals surface area contributed by atoms with Crippen LogP contribution in [0.25, 0.3) is 11.0 Å². The van der Waals surface area contributed by atoms with Crippen LogP contribution in [-0.4, -0.2) is 15.9 Å². The third-order valence-electron chi connectivity index (χ3n) is 3.21. The zero-order valence-electron chi connectivity index (χ0n) is 11.7. The van der Waals surface area contributed by atoms with Crippen molar-refractivity contribution in [2.75, 3.05) is 0 Å². The molecule has 0 unspecified atom stereocenters. The van der Waals surface area contributed by atoms with Crippen LogP contribution in [0.4, 0.5) is 0 Å². The molecular formula is C16H15N3OS. The summed E-state index contributed by atoms with van der Waals surface area (Å²) >= 11 is 1.59. The van der Waals surface area contributed by atoms with Crippen molar-refractivity contribution in [3.05, 3.63) is 58.0 Å². The maximum Gasteiger partial charge on any atom is 0.225 e. The van der Waals surface area contributed by atoms with Gasteiger partial charge in [-0.3, -0.25) is 4.79 Å². The molecule has 0 fully saturated rings. The number of rotatable bonds is 4. The number of nitrogens with zero attached hydrogens (tertiary/aromatic N) is 2. The van der Waals surface area contributed by atoms with E-state index in [0.717, 1.165) is 27.3 Å². The molecule has 4 nitrogen and oxygen atoms in total. The van der Waals surface area contributed by atoms with Crippen LogP contribution >= 0.6 is 11.3 Å². The summed E-state index contributed by atoms with van der Waals surface area (Å²) in [6, 6.07) is 11.7. The number of benzene rings is 1. The van der Waals surface area contributed by atoms with Crippen molar-refractivity contribution in [2.24, 2.45) is 0 Å². The number of carbonyl (C=O) groups excluding carboxylic acids is 1. The molecule has 0 aliphatic heterocycles. The maximum atomic E-state index is 11.9. The predicted octanol–water partition coefficient (Wildman–Crippen LogP) is 2.86.